The minimum absolute atomic E-state index is 0.0498. The Kier molecular flexibility index (Phi) is 14.5. The van der Waals surface area contributed by atoms with E-state index in [1.165, 1.54) is 29.4 Å². The highest BCUT2D eigenvalue weighted by atomic mass is 35.5. The molecule has 4 heterocycles. The molecule has 4 N–H and O–H groups in total. The Hall–Kier alpha value is -4.57. The number of pyridine rings is 1. The summed E-state index contributed by atoms with van der Waals surface area (Å²) in [6.45, 7) is 5.81. The van der Waals surface area contributed by atoms with Gasteiger partial charge >= 0.3 is 6.09 Å². The number of nitrogens with one attached hydrogen (secondary N) is 3. The average molecular weight is 972 g/mol. The Bertz CT molecular complexity index is 2490. The van der Waals surface area contributed by atoms with E-state index in [4.69, 9.17) is 35.8 Å². The number of alkyl carbamates (subject to hydrolysis) is 1. The van der Waals surface area contributed by atoms with Crippen LogP contribution in [0.3, 0.4) is 0 Å². The highest BCUT2D eigenvalue weighted by Gasteiger charge is 2.66. The Morgan fingerprint density at radius 2 is 1.73 bits per heavy atom. The number of nitrogens with zero attached hydrogens (tertiary/aromatic N) is 3. The van der Waals surface area contributed by atoms with Gasteiger partial charge in [-0.25, -0.2) is 23.5 Å². The molecular formula is C47H58ClF2N6O8PS. The molecule has 0 radical (unpaired) electrons. The molecule has 19 heteroatoms. The zero-order valence-electron chi connectivity index (χ0n) is 37.6. The molecule has 2 aliphatic heterocycles. The average Bonchev–Trinajstić information content (AvgIpc) is 3.69. The predicted molar refractivity (Wildman–Crippen MR) is 249 cm³/mol. The number of methoxy groups -OCH3 is 1. The summed E-state index contributed by atoms with van der Waals surface area (Å²) >= 11 is 8.29. The van der Waals surface area contributed by atoms with Crippen LogP contribution in [0.2, 0.25) is 5.02 Å². The zero-order valence-corrected chi connectivity index (χ0v) is 40.1. The van der Waals surface area contributed by atoms with Gasteiger partial charge in [0.25, 0.3) is 0 Å². The summed E-state index contributed by atoms with van der Waals surface area (Å²) in [4.78, 5) is 66.4. The number of anilines is 1. The first-order valence-electron chi connectivity index (χ1n) is 23.0. The number of aromatic nitrogens is 2. The van der Waals surface area contributed by atoms with E-state index in [9.17, 15) is 19.0 Å². The largest absolute Gasteiger partial charge is 0.495 e. The van der Waals surface area contributed by atoms with E-state index in [1.807, 2.05) is 26.2 Å². The van der Waals surface area contributed by atoms with Gasteiger partial charge in [0, 0.05) is 34.9 Å². The number of hydrogen-bond donors (Lipinski definition) is 4. The first kappa shape index (κ1) is 47.9. The van der Waals surface area contributed by atoms with E-state index >= 15 is 13.6 Å². The van der Waals surface area contributed by atoms with Crippen LogP contribution in [0.25, 0.3) is 22.3 Å². The van der Waals surface area contributed by atoms with Crippen molar-refractivity contribution in [3.05, 3.63) is 64.0 Å². The summed E-state index contributed by atoms with van der Waals surface area (Å²) in [5.41, 5.74) is 0.858. The van der Waals surface area contributed by atoms with Crippen molar-refractivity contribution >= 4 is 64.2 Å². The third kappa shape index (κ3) is 10.1. The first-order chi connectivity index (χ1) is 31.6. The molecule has 14 nitrogen and oxygen atoms in total. The van der Waals surface area contributed by atoms with E-state index in [-0.39, 0.29) is 42.5 Å². The van der Waals surface area contributed by atoms with Gasteiger partial charge in [-0.05, 0) is 94.9 Å². The number of amides is 3. The monoisotopic (exact) mass is 970 g/mol. The van der Waals surface area contributed by atoms with Gasteiger partial charge in [-0.2, -0.15) is 0 Å². The van der Waals surface area contributed by atoms with Crippen LogP contribution in [0.15, 0.2) is 41.8 Å². The van der Waals surface area contributed by atoms with Crippen LogP contribution < -0.4 is 25.4 Å². The number of fused-ring (bicyclic) bond motifs is 3. The maximum absolute atomic E-state index is 15.1. The molecule has 8 rings (SSSR count). The number of ether oxygens (including phenoxy) is 3. The van der Waals surface area contributed by atoms with Gasteiger partial charge in [0.15, 0.2) is 5.13 Å². The fraction of sp³-hybridized carbons (Fsp3) is 0.553. The lowest BCUT2D eigenvalue weighted by molar-refractivity contribution is -0.141. The third-order valence-electron chi connectivity index (χ3n) is 13.5. The second-order valence-corrected chi connectivity index (χ2v) is 22.3. The highest BCUT2D eigenvalue weighted by Crippen LogP contribution is 2.72. The van der Waals surface area contributed by atoms with Crippen molar-refractivity contribution in [3.8, 4) is 22.9 Å². The zero-order chi connectivity index (χ0) is 46.9. The number of rotatable bonds is 11. The van der Waals surface area contributed by atoms with Crippen LogP contribution in [0, 0.1) is 23.5 Å². The summed E-state index contributed by atoms with van der Waals surface area (Å²) in [5.74, 6) is -3.22. The van der Waals surface area contributed by atoms with Gasteiger partial charge in [-0.3, -0.25) is 14.2 Å². The molecule has 7 atom stereocenters. The summed E-state index contributed by atoms with van der Waals surface area (Å²) in [6.07, 6.45) is 4.94. The van der Waals surface area contributed by atoms with Gasteiger partial charge in [0.2, 0.25) is 19.2 Å². The fourth-order valence-electron chi connectivity index (χ4n) is 9.84. The lowest BCUT2D eigenvalue weighted by atomic mass is 9.93. The van der Waals surface area contributed by atoms with Crippen LogP contribution in [0.1, 0.15) is 103 Å². The van der Waals surface area contributed by atoms with Gasteiger partial charge in [-0.15, -0.1) is 11.3 Å². The van der Waals surface area contributed by atoms with Gasteiger partial charge in [0.05, 0.1) is 31.0 Å². The second-order valence-electron chi connectivity index (χ2n) is 18.6. The van der Waals surface area contributed by atoms with E-state index in [2.05, 4.69) is 16.0 Å². The maximum Gasteiger partial charge on any atom is 0.408 e. The number of halogens is 3. The van der Waals surface area contributed by atoms with E-state index in [0.717, 1.165) is 57.1 Å². The van der Waals surface area contributed by atoms with Crippen LogP contribution in [-0.2, 0) is 25.1 Å². The Morgan fingerprint density at radius 1 is 1.02 bits per heavy atom. The molecule has 356 valence electrons. The van der Waals surface area contributed by atoms with Crippen LogP contribution in [0.5, 0.6) is 11.5 Å². The van der Waals surface area contributed by atoms with E-state index in [0.29, 0.717) is 58.2 Å². The van der Waals surface area contributed by atoms with Crippen molar-refractivity contribution in [1.29, 1.82) is 0 Å². The molecule has 1 unspecified atom stereocenters. The normalized spacial score (nSPS) is 26.1. The second kappa shape index (κ2) is 20.0. The quantitative estimate of drug-likeness (QED) is 0.105. The number of thiazole rings is 1. The van der Waals surface area contributed by atoms with Crippen molar-refractivity contribution in [2.75, 3.05) is 19.0 Å². The lowest BCUT2D eigenvalue weighted by Gasteiger charge is -2.33. The van der Waals surface area contributed by atoms with Crippen molar-refractivity contribution in [1.82, 2.24) is 25.5 Å². The lowest BCUT2D eigenvalue weighted by Crippen LogP contribution is -2.57. The molecule has 66 heavy (non-hydrogen) atoms. The van der Waals surface area contributed by atoms with Crippen LogP contribution in [-0.4, -0.2) is 86.9 Å². The Balaban J connectivity index is 1.16. The molecule has 2 saturated heterocycles. The van der Waals surface area contributed by atoms with Crippen molar-refractivity contribution in [3.63, 3.8) is 0 Å². The SMILES string of the molecule is COc1ccc2c(O[C@@H]3C[C@H]4C(=O)N[C@]5(P(=O)(O)Cc6c(F)cccc6F)C[C@@H]5CCCCCC[C@@H](C)[C@H](NC(=O)OC5CCCC5)C(=O)N4C3)cc(-c3csc(NC(C)C)n3)nc2c1Cl. The minimum atomic E-state index is -4.57. The molecule has 4 aromatic rings. The Morgan fingerprint density at radius 3 is 2.44 bits per heavy atom. The molecule has 4 aliphatic rings. The molecular weight excluding hydrogens is 913 g/mol. The fourth-order valence-corrected chi connectivity index (χ4v) is 13.5. The van der Waals surface area contributed by atoms with Crippen molar-refractivity contribution < 1.29 is 46.8 Å². The van der Waals surface area contributed by atoms with E-state index < -0.39 is 78.0 Å². The number of hydrogen-bond acceptors (Lipinski definition) is 11. The number of carbonyl (C=O) groups excluding carboxylic acids is 3. The molecule has 3 amide bonds. The molecule has 0 spiro atoms. The van der Waals surface area contributed by atoms with Crippen molar-refractivity contribution in [2.45, 2.75) is 140 Å². The van der Waals surface area contributed by atoms with Crippen LogP contribution >= 0.6 is 30.3 Å². The molecule has 2 saturated carbocycles. The standard InChI is InChI=1S/C47H58ClF2N6O8PS/c1-26(2)51-45-53-36(25-66-45)35-21-39(31-18-19-38(62-4)40(48)42(31)52-35)63-30-20-37-43(57)55-47(65(60,61)24-32-33(49)16-11-17-34(32)50)22-28(47)13-8-6-5-7-12-27(3)41(44(58)56(37)23-30)54-46(59)64-29-14-9-10-15-29/h11,16-19,21,25-30,37,41H,5-10,12-15,20,22-24H2,1-4H3,(H,51,53)(H,54,59)(H,55,57)(H,60,61)/t27-,28+,30-,37+,41+,47+/m1/s1. The highest BCUT2D eigenvalue weighted by molar-refractivity contribution is 7.59. The van der Waals surface area contributed by atoms with Crippen molar-refractivity contribution in [2.24, 2.45) is 11.8 Å². The van der Waals surface area contributed by atoms with Gasteiger partial charge in [0.1, 0.15) is 63.4 Å². The summed E-state index contributed by atoms with van der Waals surface area (Å²) < 4.78 is 62.7. The molecule has 2 aromatic carbocycles. The van der Waals surface area contributed by atoms with Crippen LogP contribution in [0.4, 0.5) is 18.7 Å². The summed E-state index contributed by atoms with van der Waals surface area (Å²) in [7, 11) is -3.07. The smallest absolute Gasteiger partial charge is 0.408 e. The molecule has 2 aromatic heterocycles. The summed E-state index contributed by atoms with van der Waals surface area (Å²) in [6, 6.07) is 6.25. The Labute approximate surface area is 392 Å². The topological polar surface area (TPSA) is 181 Å². The number of benzene rings is 2. The van der Waals surface area contributed by atoms with Gasteiger partial charge < -0.3 is 40.0 Å². The molecule has 0 bridgehead atoms. The number of carbonyl (C=O) groups is 3. The van der Waals surface area contributed by atoms with E-state index in [1.54, 1.807) is 18.2 Å². The first-order valence-corrected chi connectivity index (χ1v) is 26.1. The molecule has 4 fully saturated rings. The summed E-state index contributed by atoms with van der Waals surface area (Å²) in [5, 5.41) is 10.7. The molecule has 2 aliphatic carbocycles. The maximum atomic E-state index is 15.1. The van der Waals surface area contributed by atoms with Gasteiger partial charge in [-0.1, -0.05) is 50.3 Å². The third-order valence-corrected chi connectivity index (χ3v) is 17.3. The predicted octanol–water partition coefficient (Wildman–Crippen LogP) is 9.80. The minimum Gasteiger partial charge on any atom is -0.495 e.